The maximum Gasteiger partial charge on any atom is 0.326 e. The minimum absolute atomic E-state index is 0.242. The molecule has 0 aliphatic heterocycles. The fourth-order valence-corrected chi connectivity index (χ4v) is 5.52. The van der Waals surface area contributed by atoms with Gasteiger partial charge in [-0.15, -0.1) is 0 Å². The molecule has 4 aromatic carbocycles. The molecule has 0 spiro atoms. The van der Waals surface area contributed by atoms with Gasteiger partial charge in [0.15, 0.2) is 0 Å². The predicted molar refractivity (Wildman–Crippen MR) is 169 cm³/mol. The van der Waals surface area contributed by atoms with Gasteiger partial charge in [0.1, 0.15) is 17.7 Å². The number of aryl methyl sites for hydroxylation is 1. The highest BCUT2D eigenvalue weighted by molar-refractivity contribution is 7.98. The summed E-state index contributed by atoms with van der Waals surface area (Å²) in [6.07, 6.45) is 2.18. The summed E-state index contributed by atoms with van der Waals surface area (Å²) < 4.78 is 28.1. The SMILES string of the molecule is CSCC[C@H](NC(=O)c1ccc(CN(Cc2ccc(C#N)cc2)Cc2cc(F)cc(F)c2)cc1-c1ccccc1C)C(=O)O. The topological polar surface area (TPSA) is 93.4 Å². The zero-order valence-corrected chi connectivity index (χ0v) is 25.3. The van der Waals surface area contributed by atoms with Crippen molar-refractivity contribution in [1.29, 1.82) is 5.26 Å². The van der Waals surface area contributed by atoms with E-state index in [2.05, 4.69) is 11.4 Å². The minimum atomic E-state index is -1.09. The lowest BCUT2D eigenvalue weighted by molar-refractivity contribution is -0.139. The number of carboxylic acids is 1. The first kappa shape index (κ1) is 32.4. The maximum absolute atomic E-state index is 14.1. The summed E-state index contributed by atoms with van der Waals surface area (Å²) in [5.74, 6) is -2.30. The van der Waals surface area contributed by atoms with Gasteiger partial charge in [-0.3, -0.25) is 9.69 Å². The molecule has 0 saturated carbocycles. The molecule has 0 heterocycles. The van der Waals surface area contributed by atoms with Gasteiger partial charge in [-0.05, 0) is 95.1 Å². The summed E-state index contributed by atoms with van der Waals surface area (Å²) in [7, 11) is 0. The molecular weight excluding hydrogens is 580 g/mol. The van der Waals surface area contributed by atoms with E-state index in [9.17, 15) is 28.7 Å². The molecule has 0 bridgehead atoms. The van der Waals surface area contributed by atoms with Crippen molar-refractivity contribution in [3.05, 3.63) is 130 Å². The fraction of sp³-hybridized carbons (Fsp3) is 0.229. The lowest BCUT2D eigenvalue weighted by atomic mass is 9.93. The second kappa shape index (κ2) is 15.3. The molecule has 9 heteroatoms. The molecule has 1 atom stereocenters. The van der Waals surface area contributed by atoms with E-state index >= 15 is 0 Å². The lowest BCUT2D eigenvalue weighted by Gasteiger charge is -2.24. The summed E-state index contributed by atoms with van der Waals surface area (Å²) in [4.78, 5) is 27.3. The van der Waals surface area contributed by atoms with E-state index in [1.165, 1.54) is 23.9 Å². The van der Waals surface area contributed by atoms with Crippen molar-refractivity contribution in [3.63, 3.8) is 0 Å². The van der Waals surface area contributed by atoms with Gasteiger partial charge in [0.05, 0.1) is 11.6 Å². The zero-order chi connectivity index (χ0) is 31.6. The van der Waals surface area contributed by atoms with Crippen molar-refractivity contribution in [2.24, 2.45) is 0 Å². The van der Waals surface area contributed by atoms with Crippen LogP contribution in [0.15, 0.2) is 84.9 Å². The Hall–Kier alpha value is -4.52. The van der Waals surface area contributed by atoms with Crippen molar-refractivity contribution < 1.29 is 23.5 Å². The van der Waals surface area contributed by atoms with Gasteiger partial charge in [-0.1, -0.05) is 42.5 Å². The highest BCUT2D eigenvalue weighted by atomic mass is 32.2. The number of rotatable bonds is 13. The smallest absolute Gasteiger partial charge is 0.326 e. The number of nitriles is 1. The van der Waals surface area contributed by atoms with Gasteiger partial charge < -0.3 is 10.4 Å². The van der Waals surface area contributed by atoms with E-state index in [0.717, 1.165) is 28.3 Å². The Labute approximate surface area is 260 Å². The summed E-state index contributed by atoms with van der Waals surface area (Å²) in [5.41, 5.74) is 5.55. The summed E-state index contributed by atoms with van der Waals surface area (Å²) >= 11 is 1.51. The van der Waals surface area contributed by atoms with Crippen LogP contribution in [0.5, 0.6) is 0 Å². The molecule has 0 fully saturated rings. The Bertz CT molecular complexity index is 1650. The second-order valence-corrected chi connectivity index (χ2v) is 11.6. The highest BCUT2D eigenvalue weighted by Gasteiger charge is 2.23. The predicted octanol–water partition coefficient (Wildman–Crippen LogP) is 6.95. The monoisotopic (exact) mass is 613 g/mol. The van der Waals surface area contributed by atoms with E-state index in [1.54, 1.807) is 18.2 Å². The summed E-state index contributed by atoms with van der Waals surface area (Å²) in [5, 5.41) is 21.5. The largest absolute Gasteiger partial charge is 0.480 e. The molecule has 0 unspecified atom stereocenters. The summed E-state index contributed by atoms with van der Waals surface area (Å²) in [6.45, 7) is 3.00. The van der Waals surface area contributed by atoms with Crippen molar-refractivity contribution >= 4 is 23.6 Å². The minimum Gasteiger partial charge on any atom is -0.480 e. The zero-order valence-electron chi connectivity index (χ0n) is 24.5. The van der Waals surface area contributed by atoms with Crippen LogP contribution in [0.2, 0.25) is 0 Å². The summed E-state index contributed by atoms with van der Waals surface area (Å²) in [6, 6.07) is 24.7. The first-order chi connectivity index (χ1) is 21.2. The molecule has 226 valence electrons. The number of hydrogen-bond acceptors (Lipinski definition) is 5. The van der Waals surface area contributed by atoms with Crippen LogP contribution >= 0.6 is 11.8 Å². The van der Waals surface area contributed by atoms with Crippen LogP contribution in [-0.4, -0.2) is 39.9 Å². The van der Waals surface area contributed by atoms with E-state index in [0.29, 0.717) is 47.5 Å². The number of carbonyl (C=O) groups excluding carboxylic acids is 1. The Kier molecular flexibility index (Phi) is 11.2. The first-order valence-corrected chi connectivity index (χ1v) is 15.4. The number of nitrogens with zero attached hydrogens (tertiary/aromatic N) is 2. The third-order valence-electron chi connectivity index (χ3n) is 7.20. The number of carboxylic acid groups (broad SMARTS) is 1. The molecule has 4 rings (SSSR count). The molecule has 4 aromatic rings. The van der Waals surface area contributed by atoms with Gasteiger partial charge >= 0.3 is 5.97 Å². The standard InChI is InChI=1S/C35H33F2N3O3S/c1-23-5-3-4-6-30(23)32-17-26(11-12-31(32)34(41)39-33(35(42)43)13-14-44-2)21-40(20-25-9-7-24(19-38)8-10-25)22-27-15-28(36)18-29(37)16-27/h3-12,15-18,33H,13-14,20-22H2,1-2H3,(H,39,41)(H,42,43)/t33-/m0/s1. The number of nitrogens with one attached hydrogen (secondary N) is 1. The molecule has 0 aromatic heterocycles. The molecule has 1 amide bonds. The van der Waals surface area contributed by atoms with E-state index in [1.807, 2.05) is 66.6 Å². The van der Waals surface area contributed by atoms with E-state index < -0.39 is 29.6 Å². The third-order valence-corrected chi connectivity index (χ3v) is 7.85. The maximum atomic E-state index is 14.1. The molecule has 0 aliphatic carbocycles. The van der Waals surface area contributed by atoms with Crippen molar-refractivity contribution in [2.75, 3.05) is 12.0 Å². The number of hydrogen-bond donors (Lipinski definition) is 2. The van der Waals surface area contributed by atoms with Gasteiger partial charge in [0.2, 0.25) is 0 Å². The molecule has 0 radical (unpaired) electrons. The normalized spacial score (nSPS) is 11.6. The second-order valence-electron chi connectivity index (χ2n) is 10.6. The van der Waals surface area contributed by atoms with Crippen LogP contribution < -0.4 is 5.32 Å². The first-order valence-electron chi connectivity index (χ1n) is 14.0. The molecule has 0 saturated heterocycles. The van der Waals surface area contributed by atoms with E-state index in [4.69, 9.17) is 0 Å². The van der Waals surface area contributed by atoms with Crippen LogP contribution in [0.4, 0.5) is 8.78 Å². The number of carbonyl (C=O) groups is 2. The fourth-order valence-electron chi connectivity index (χ4n) is 5.04. The van der Waals surface area contributed by atoms with Gasteiger partial charge in [-0.25, -0.2) is 13.6 Å². The third kappa shape index (κ3) is 8.75. The van der Waals surface area contributed by atoms with Crippen molar-refractivity contribution in [1.82, 2.24) is 10.2 Å². The number of benzene rings is 4. The molecule has 44 heavy (non-hydrogen) atoms. The number of aliphatic carboxylic acids is 1. The average Bonchev–Trinajstić information content (AvgIpc) is 2.99. The van der Waals surface area contributed by atoms with Crippen molar-refractivity contribution in [2.45, 2.75) is 39.0 Å². The van der Waals surface area contributed by atoms with Gasteiger partial charge in [0.25, 0.3) is 5.91 Å². The Morgan fingerprint density at radius 3 is 2.16 bits per heavy atom. The Morgan fingerprint density at radius 2 is 1.52 bits per heavy atom. The van der Waals surface area contributed by atoms with Crippen molar-refractivity contribution in [3.8, 4) is 17.2 Å². The molecule has 2 N–H and O–H groups in total. The van der Waals surface area contributed by atoms with Crippen LogP contribution in [0.25, 0.3) is 11.1 Å². The van der Waals surface area contributed by atoms with Crippen LogP contribution in [0, 0.1) is 29.9 Å². The van der Waals surface area contributed by atoms with Gasteiger partial charge in [-0.2, -0.15) is 17.0 Å². The van der Waals surface area contributed by atoms with Crippen LogP contribution in [0.3, 0.4) is 0 Å². The highest BCUT2D eigenvalue weighted by Crippen LogP contribution is 2.29. The van der Waals surface area contributed by atoms with Crippen LogP contribution in [-0.2, 0) is 24.4 Å². The number of amides is 1. The molecule has 0 aliphatic rings. The lowest BCUT2D eigenvalue weighted by Crippen LogP contribution is -2.41. The van der Waals surface area contributed by atoms with E-state index in [-0.39, 0.29) is 6.54 Å². The quantitative estimate of drug-likeness (QED) is 0.170. The molecule has 6 nitrogen and oxygen atoms in total. The Balaban J connectivity index is 1.70. The Morgan fingerprint density at radius 1 is 0.886 bits per heavy atom. The number of halogens is 2. The van der Waals surface area contributed by atoms with Crippen LogP contribution in [0.1, 0.15) is 44.6 Å². The number of thioether (sulfide) groups is 1. The molecular formula is C35H33F2N3O3S. The average molecular weight is 614 g/mol. The van der Waals surface area contributed by atoms with Gasteiger partial charge in [0, 0.05) is 31.3 Å².